The van der Waals surface area contributed by atoms with Gasteiger partial charge in [0.15, 0.2) is 5.69 Å². The van der Waals surface area contributed by atoms with Crippen LogP contribution in [0.3, 0.4) is 0 Å². The van der Waals surface area contributed by atoms with Gasteiger partial charge in [0, 0.05) is 29.6 Å². The van der Waals surface area contributed by atoms with Crippen molar-refractivity contribution in [2.45, 2.75) is 32.2 Å². The second-order valence-corrected chi connectivity index (χ2v) is 5.09. The van der Waals surface area contributed by atoms with Gasteiger partial charge in [-0.05, 0) is 31.7 Å². The molecule has 6 nitrogen and oxygen atoms in total. The minimum absolute atomic E-state index is 0.152. The van der Waals surface area contributed by atoms with E-state index in [1.807, 2.05) is 12.1 Å². The van der Waals surface area contributed by atoms with E-state index >= 15 is 0 Å². The predicted molar refractivity (Wildman–Crippen MR) is 77.2 cm³/mol. The van der Waals surface area contributed by atoms with Gasteiger partial charge >= 0.3 is 0 Å². The molecule has 21 heavy (non-hydrogen) atoms. The maximum Gasteiger partial charge on any atom is 0.272 e. The summed E-state index contributed by atoms with van der Waals surface area (Å²) in [6.45, 7) is 0.373. The number of H-pyrrole nitrogens is 1. The van der Waals surface area contributed by atoms with Gasteiger partial charge in [0.2, 0.25) is 5.88 Å². The number of aromatic nitrogens is 3. The molecule has 0 saturated heterocycles. The summed E-state index contributed by atoms with van der Waals surface area (Å²) < 4.78 is 5.17. The van der Waals surface area contributed by atoms with Gasteiger partial charge in [-0.2, -0.15) is 5.10 Å². The molecule has 0 radical (unpaired) electrons. The van der Waals surface area contributed by atoms with Crippen LogP contribution in [0.4, 0.5) is 0 Å². The lowest BCUT2D eigenvalue weighted by Crippen LogP contribution is -2.25. The Morgan fingerprint density at radius 2 is 2.29 bits per heavy atom. The zero-order chi connectivity index (χ0) is 14.7. The molecule has 2 aromatic rings. The maximum atomic E-state index is 12.3. The number of nitrogens with one attached hydrogen (secondary N) is 2. The summed E-state index contributed by atoms with van der Waals surface area (Å²) >= 11 is 0. The maximum absolute atomic E-state index is 12.3. The van der Waals surface area contributed by atoms with Crippen molar-refractivity contribution < 1.29 is 9.53 Å². The van der Waals surface area contributed by atoms with Gasteiger partial charge in [0.25, 0.3) is 5.91 Å². The molecular formula is C15H18N4O2. The topological polar surface area (TPSA) is 79.9 Å². The number of nitrogens with zero attached hydrogens (tertiary/aromatic N) is 2. The lowest BCUT2D eigenvalue weighted by Gasteiger charge is -2.11. The molecule has 6 heteroatoms. The first kappa shape index (κ1) is 13.6. The number of carbonyl (C=O) groups is 1. The smallest absolute Gasteiger partial charge is 0.272 e. The van der Waals surface area contributed by atoms with Crippen LogP contribution in [0, 0.1) is 0 Å². The average Bonchev–Trinajstić information content (AvgIpc) is 2.97. The third kappa shape index (κ3) is 2.74. The summed E-state index contributed by atoms with van der Waals surface area (Å²) in [5.74, 6) is 0.377. The van der Waals surface area contributed by atoms with E-state index in [0.29, 0.717) is 18.1 Å². The Labute approximate surface area is 122 Å². The SMILES string of the molecule is COc1ncccc1CNC(=O)c1n[nH]c2c1CCCC2. The summed E-state index contributed by atoms with van der Waals surface area (Å²) in [5.41, 5.74) is 3.53. The van der Waals surface area contributed by atoms with Crippen molar-refractivity contribution in [3.8, 4) is 5.88 Å². The van der Waals surface area contributed by atoms with Crippen LogP contribution in [-0.2, 0) is 19.4 Å². The molecular weight excluding hydrogens is 268 g/mol. The number of ether oxygens (including phenoxy) is 1. The van der Waals surface area contributed by atoms with Crippen LogP contribution in [0.1, 0.15) is 40.2 Å². The van der Waals surface area contributed by atoms with E-state index in [2.05, 4.69) is 20.5 Å². The zero-order valence-corrected chi connectivity index (χ0v) is 12.0. The Kier molecular flexibility index (Phi) is 3.85. The molecule has 0 fully saturated rings. The Bertz CT molecular complexity index is 651. The molecule has 2 aromatic heterocycles. The van der Waals surface area contributed by atoms with Gasteiger partial charge in [0.1, 0.15) is 0 Å². The molecule has 0 atom stereocenters. The highest BCUT2D eigenvalue weighted by Crippen LogP contribution is 2.22. The van der Waals surface area contributed by atoms with Crippen molar-refractivity contribution in [1.29, 1.82) is 0 Å². The van der Waals surface area contributed by atoms with E-state index in [1.54, 1.807) is 13.3 Å². The third-order valence-corrected chi connectivity index (χ3v) is 3.75. The number of hydrogen-bond acceptors (Lipinski definition) is 4. The first-order valence-corrected chi connectivity index (χ1v) is 7.12. The first-order valence-electron chi connectivity index (χ1n) is 7.12. The van der Waals surface area contributed by atoms with Crippen molar-refractivity contribution in [3.63, 3.8) is 0 Å². The Balaban J connectivity index is 1.71. The Hall–Kier alpha value is -2.37. The number of rotatable bonds is 4. The van der Waals surface area contributed by atoms with Gasteiger partial charge in [-0.1, -0.05) is 6.07 Å². The van der Waals surface area contributed by atoms with Crippen LogP contribution >= 0.6 is 0 Å². The first-order chi connectivity index (χ1) is 10.3. The summed E-state index contributed by atoms with van der Waals surface area (Å²) in [7, 11) is 1.57. The largest absolute Gasteiger partial charge is 0.481 e. The van der Waals surface area contributed by atoms with Crippen LogP contribution < -0.4 is 10.1 Å². The van der Waals surface area contributed by atoms with Crippen LogP contribution in [0.15, 0.2) is 18.3 Å². The van der Waals surface area contributed by atoms with Gasteiger partial charge in [0.05, 0.1) is 7.11 Å². The molecule has 1 amide bonds. The molecule has 0 aliphatic heterocycles. The molecule has 2 heterocycles. The molecule has 0 unspecified atom stereocenters. The van der Waals surface area contributed by atoms with Crippen molar-refractivity contribution in [1.82, 2.24) is 20.5 Å². The predicted octanol–water partition coefficient (Wildman–Crippen LogP) is 1.62. The fourth-order valence-corrected chi connectivity index (χ4v) is 2.67. The normalized spacial score (nSPS) is 13.6. The summed E-state index contributed by atoms with van der Waals surface area (Å²) in [4.78, 5) is 16.4. The molecule has 1 aliphatic rings. The number of amides is 1. The number of pyridine rings is 1. The van der Waals surface area contributed by atoms with Crippen molar-refractivity contribution in [2.24, 2.45) is 0 Å². The van der Waals surface area contributed by atoms with Gasteiger partial charge in [-0.15, -0.1) is 0 Å². The van der Waals surface area contributed by atoms with Crippen molar-refractivity contribution in [2.75, 3.05) is 7.11 Å². The highest BCUT2D eigenvalue weighted by Gasteiger charge is 2.21. The molecule has 2 N–H and O–H groups in total. The second-order valence-electron chi connectivity index (χ2n) is 5.09. The zero-order valence-electron chi connectivity index (χ0n) is 12.0. The van der Waals surface area contributed by atoms with Crippen LogP contribution in [-0.4, -0.2) is 28.2 Å². The third-order valence-electron chi connectivity index (χ3n) is 3.75. The highest BCUT2D eigenvalue weighted by atomic mass is 16.5. The minimum atomic E-state index is -0.152. The van der Waals surface area contributed by atoms with Crippen molar-refractivity contribution >= 4 is 5.91 Å². The fraction of sp³-hybridized carbons (Fsp3) is 0.400. The minimum Gasteiger partial charge on any atom is -0.481 e. The number of methoxy groups -OCH3 is 1. The van der Waals surface area contributed by atoms with Crippen LogP contribution in [0.2, 0.25) is 0 Å². The van der Waals surface area contributed by atoms with E-state index in [0.717, 1.165) is 42.5 Å². The van der Waals surface area contributed by atoms with E-state index < -0.39 is 0 Å². The fourth-order valence-electron chi connectivity index (χ4n) is 2.67. The highest BCUT2D eigenvalue weighted by molar-refractivity contribution is 5.94. The van der Waals surface area contributed by atoms with Gasteiger partial charge in [-0.3, -0.25) is 9.89 Å². The number of aryl methyl sites for hydroxylation is 1. The van der Waals surface area contributed by atoms with E-state index in [4.69, 9.17) is 4.74 Å². The molecule has 1 aliphatic carbocycles. The molecule has 3 rings (SSSR count). The van der Waals surface area contributed by atoms with E-state index in [-0.39, 0.29) is 5.91 Å². The molecule has 110 valence electrons. The molecule has 0 bridgehead atoms. The average molecular weight is 286 g/mol. The molecule has 0 spiro atoms. The second kappa shape index (κ2) is 5.95. The summed E-state index contributed by atoms with van der Waals surface area (Å²) in [5, 5.41) is 10.0. The van der Waals surface area contributed by atoms with Crippen LogP contribution in [0.25, 0.3) is 0 Å². The number of carbonyl (C=O) groups excluding carboxylic acids is 1. The Morgan fingerprint density at radius 1 is 1.43 bits per heavy atom. The van der Waals surface area contributed by atoms with Gasteiger partial charge < -0.3 is 10.1 Å². The lowest BCUT2D eigenvalue weighted by atomic mass is 9.96. The monoisotopic (exact) mass is 286 g/mol. The van der Waals surface area contributed by atoms with Crippen LogP contribution in [0.5, 0.6) is 5.88 Å². The lowest BCUT2D eigenvalue weighted by molar-refractivity contribution is 0.0944. The molecule has 0 aromatic carbocycles. The number of aromatic amines is 1. The quantitative estimate of drug-likeness (QED) is 0.895. The molecule has 0 saturated carbocycles. The summed E-state index contributed by atoms with van der Waals surface area (Å²) in [6, 6.07) is 3.70. The van der Waals surface area contributed by atoms with Crippen molar-refractivity contribution in [3.05, 3.63) is 40.8 Å². The van der Waals surface area contributed by atoms with E-state index in [9.17, 15) is 4.79 Å². The van der Waals surface area contributed by atoms with Gasteiger partial charge in [-0.25, -0.2) is 4.98 Å². The standard InChI is InChI=1S/C15H18N4O2/c1-21-15-10(5-4-8-16-15)9-17-14(20)13-11-6-2-3-7-12(11)18-19-13/h4-5,8H,2-3,6-7,9H2,1H3,(H,17,20)(H,18,19). The Morgan fingerprint density at radius 3 is 3.14 bits per heavy atom. The summed E-state index contributed by atoms with van der Waals surface area (Å²) in [6.07, 6.45) is 5.83. The van der Waals surface area contributed by atoms with E-state index in [1.165, 1.54) is 0 Å². The number of hydrogen-bond donors (Lipinski definition) is 2. The number of fused-ring (bicyclic) bond motifs is 1.